The summed E-state index contributed by atoms with van der Waals surface area (Å²) in [4.78, 5) is 13.2. The molecule has 192 valence electrons. The van der Waals surface area contributed by atoms with Gasteiger partial charge in [0.05, 0.1) is 28.5 Å². The number of esters is 1. The fraction of sp³-hybridized carbons (Fsp3) is 0.241. The summed E-state index contributed by atoms with van der Waals surface area (Å²) < 4.78 is 34.2. The number of benzene rings is 3. The number of halogens is 1. The molecule has 0 aliphatic rings. The van der Waals surface area contributed by atoms with Crippen LogP contribution in [-0.4, -0.2) is 29.8 Å². The van der Waals surface area contributed by atoms with Crippen molar-refractivity contribution in [2.75, 3.05) is 0 Å². The Hall–Kier alpha value is -3.42. The second-order valence-electron chi connectivity index (χ2n) is 9.76. The van der Waals surface area contributed by atoms with Gasteiger partial charge in [-0.25, -0.2) is 8.42 Å². The van der Waals surface area contributed by atoms with Gasteiger partial charge in [0.1, 0.15) is 5.60 Å². The Morgan fingerprint density at radius 1 is 0.946 bits per heavy atom. The third-order valence-electron chi connectivity index (χ3n) is 5.83. The number of nitrogens with zero attached hydrogens (tertiary/aromatic N) is 2. The SMILES string of the molecule is Cc1c(CC(=O)OC(C)(C)C)c(-c2ccc(Cl)cc2)nn1Cc1ccccc1S(=O)(=O)c1ccccc1. The number of aromatic nitrogens is 2. The van der Waals surface area contributed by atoms with Crippen LogP contribution >= 0.6 is 11.6 Å². The highest BCUT2D eigenvalue weighted by Gasteiger charge is 2.25. The predicted molar refractivity (Wildman–Crippen MR) is 144 cm³/mol. The Kier molecular flexibility index (Phi) is 7.57. The standard InChI is InChI=1S/C29H29ClN2O4S/c1-20-25(18-27(33)36-29(2,3)4)28(21-14-16-23(30)17-15-21)31-32(20)19-22-10-8-9-13-26(22)37(34,35)24-11-6-5-7-12-24/h5-17H,18-19H2,1-4H3. The van der Waals surface area contributed by atoms with Crippen molar-refractivity contribution in [2.45, 2.75) is 56.1 Å². The van der Waals surface area contributed by atoms with Crippen LogP contribution in [-0.2, 0) is 32.3 Å². The maximum absolute atomic E-state index is 13.4. The molecule has 0 unspecified atom stereocenters. The maximum atomic E-state index is 13.4. The van der Waals surface area contributed by atoms with E-state index in [1.807, 2.05) is 39.8 Å². The van der Waals surface area contributed by atoms with E-state index in [2.05, 4.69) is 0 Å². The van der Waals surface area contributed by atoms with E-state index in [-0.39, 0.29) is 28.7 Å². The van der Waals surface area contributed by atoms with Gasteiger partial charge in [-0.15, -0.1) is 0 Å². The monoisotopic (exact) mass is 536 g/mol. The third-order valence-corrected chi connectivity index (χ3v) is 7.95. The van der Waals surface area contributed by atoms with Crippen LogP contribution < -0.4 is 0 Å². The first kappa shape index (κ1) is 26.6. The highest BCUT2D eigenvalue weighted by atomic mass is 35.5. The predicted octanol–water partition coefficient (Wildman–Crippen LogP) is 6.28. The van der Waals surface area contributed by atoms with Crippen molar-refractivity contribution in [1.82, 2.24) is 9.78 Å². The molecule has 0 atom stereocenters. The molecule has 0 spiro atoms. The Morgan fingerprint density at radius 3 is 2.22 bits per heavy atom. The van der Waals surface area contributed by atoms with Crippen molar-refractivity contribution in [1.29, 1.82) is 0 Å². The number of carbonyl (C=O) groups excluding carboxylic acids is 1. The van der Waals surface area contributed by atoms with Gasteiger partial charge in [-0.1, -0.05) is 60.1 Å². The summed E-state index contributed by atoms with van der Waals surface area (Å²) in [6.07, 6.45) is 0.0328. The lowest BCUT2D eigenvalue weighted by molar-refractivity contribution is -0.153. The lowest BCUT2D eigenvalue weighted by atomic mass is 10.0. The van der Waals surface area contributed by atoms with Crippen LogP contribution in [0.5, 0.6) is 0 Å². The van der Waals surface area contributed by atoms with Gasteiger partial charge in [0, 0.05) is 21.8 Å². The van der Waals surface area contributed by atoms with Gasteiger partial charge in [0.2, 0.25) is 9.84 Å². The zero-order chi connectivity index (χ0) is 26.8. The summed E-state index contributed by atoms with van der Waals surface area (Å²) >= 11 is 6.09. The van der Waals surface area contributed by atoms with Crippen molar-refractivity contribution in [3.8, 4) is 11.3 Å². The van der Waals surface area contributed by atoms with Crippen LogP contribution in [0.15, 0.2) is 88.7 Å². The molecule has 0 bridgehead atoms. The first-order valence-corrected chi connectivity index (χ1v) is 13.7. The summed E-state index contributed by atoms with van der Waals surface area (Å²) in [6, 6.07) is 22.5. The van der Waals surface area contributed by atoms with Gasteiger partial charge < -0.3 is 4.74 Å². The van der Waals surface area contributed by atoms with E-state index in [1.165, 1.54) is 0 Å². The molecular formula is C29H29ClN2O4S. The van der Waals surface area contributed by atoms with Crippen molar-refractivity contribution in [3.05, 3.63) is 101 Å². The normalized spacial score (nSPS) is 11.9. The molecule has 0 aliphatic heterocycles. The zero-order valence-electron chi connectivity index (χ0n) is 21.2. The minimum atomic E-state index is -3.73. The molecule has 0 aliphatic carbocycles. The molecule has 6 nitrogen and oxygen atoms in total. The molecule has 0 fully saturated rings. The van der Waals surface area contributed by atoms with Crippen LogP contribution in [0.3, 0.4) is 0 Å². The summed E-state index contributed by atoms with van der Waals surface area (Å²) in [5.41, 5.74) is 2.89. The fourth-order valence-electron chi connectivity index (χ4n) is 4.10. The number of ether oxygens (including phenoxy) is 1. The van der Waals surface area contributed by atoms with Gasteiger partial charge in [0.15, 0.2) is 0 Å². The molecule has 4 rings (SSSR count). The van der Waals surface area contributed by atoms with E-state index >= 15 is 0 Å². The van der Waals surface area contributed by atoms with Crippen LogP contribution in [0.4, 0.5) is 0 Å². The maximum Gasteiger partial charge on any atom is 0.310 e. The van der Waals surface area contributed by atoms with Crippen molar-refractivity contribution < 1.29 is 17.9 Å². The minimum Gasteiger partial charge on any atom is -0.460 e. The van der Waals surface area contributed by atoms with Crippen LogP contribution in [0.2, 0.25) is 5.02 Å². The quantitative estimate of drug-likeness (QED) is 0.260. The minimum absolute atomic E-state index is 0.0328. The number of sulfone groups is 1. The van der Waals surface area contributed by atoms with E-state index in [1.54, 1.807) is 71.4 Å². The van der Waals surface area contributed by atoms with Gasteiger partial charge in [-0.05, 0) is 63.6 Å². The lowest BCUT2D eigenvalue weighted by Crippen LogP contribution is -2.25. The molecular weight excluding hydrogens is 508 g/mol. The first-order valence-electron chi connectivity index (χ1n) is 11.9. The number of hydrogen-bond donors (Lipinski definition) is 0. The van der Waals surface area contributed by atoms with Gasteiger partial charge in [-0.2, -0.15) is 5.10 Å². The van der Waals surface area contributed by atoms with E-state index in [0.717, 1.165) is 16.8 Å². The summed E-state index contributed by atoms with van der Waals surface area (Å²) in [5, 5.41) is 5.41. The molecule has 0 N–H and O–H groups in total. The average Bonchev–Trinajstić information content (AvgIpc) is 3.14. The third kappa shape index (κ3) is 6.12. The Bertz CT molecular complexity index is 1520. The van der Waals surface area contributed by atoms with Gasteiger partial charge in [-0.3, -0.25) is 9.48 Å². The Labute approximate surface area is 222 Å². The van der Waals surface area contributed by atoms with E-state index in [4.69, 9.17) is 21.4 Å². The molecule has 0 saturated carbocycles. The Morgan fingerprint density at radius 2 is 1.57 bits per heavy atom. The number of rotatable bonds is 7. The van der Waals surface area contributed by atoms with Crippen molar-refractivity contribution >= 4 is 27.4 Å². The van der Waals surface area contributed by atoms with Crippen molar-refractivity contribution in [2.24, 2.45) is 0 Å². The summed E-state index contributed by atoms with van der Waals surface area (Å²) in [5.74, 6) is -0.364. The molecule has 0 radical (unpaired) electrons. The van der Waals surface area contributed by atoms with E-state index < -0.39 is 15.4 Å². The largest absolute Gasteiger partial charge is 0.460 e. The average molecular weight is 537 g/mol. The topological polar surface area (TPSA) is 78.3 Å². The fourth-order valence-corrected chi connectivity index (χ4v) is 5.73. The highest BCUT2D eigenvalue weighted by Crippen LogP contribution is 2.30. The molecule has 1 aromatic heterocycles. The summed E-state index contributed by atoms with van der Waals surface area (Å²) in [6.45, 7) is 7.56. The van der Waals surface area contributed by atoms with Gasteiger partial charge in [0.25, 0.3) is 0 Å². The number of carbonyl (C=O) groups is 1. The van der Waals surface area contributed by atoms with Crippen LogP contribution in [0, 0.1) is 6.92 Å². The summed E-state index contributed by atoms with van der Waals surface area (Å²) in [7, 11) is -3.73. The van der Waals surface area contributed by atoms with Crippen LogP contribution in [0.25, 0.3) is 11.3 Å². The molecule has 0 saturated heterocycles. The lowest BCUT2D eigenvalue weighted by Gasteiger charge is -2.19. The molecule has 4 aromatic rings. The second-order valence-corrected chi connectivity index (χ2v) is 12.1. The smallest absolute Gasteiger partial charge is 0.310 e. The van der Waals surface area contributed by atoms with E-state index in [9.17, 15) is 13.2 Å². The molecule has 3 aromatic carbocycles. The Balaban J connectivity index is 1.77. The number of hydrogen-bond acceptors (Lipinski definition) is 5. The molecule has 0 amide bonds. The highest BCUT2D eigenvalue weighted by molar-refractivity contribution is 7.91. The zero-order valence-corrected chi connectivity index (χ0v) is 22.8. The second kappa shape index (κ2) is 10.5. The van der Waals surface area contributed by atoms with E-state index in [0.29, 0.717) is 16.3 Å². The first-order chi connectivity index (χ1) is 17.5. The molecule has 1 heterocycles. The van der Waals surface area contributed by atoms with Crippen LogP contribution in [0.1, 0.15) is 37.6 Å². The van der Waals surface area contributed by atoms with Crippen molar-refractivity contribution in [3.63, 3.8) is 0 Å². The van der Waals surface area contributed by atoms with Gasteiger partial charge >= 0.3 is 5.97 Å². The molecule has 37 heavy (non-hydrogen) atoms. The molecule has 8 heteroatoms.